The number of halogens is 2. The van der Waals surface area contributed by atoms with Crippen LogP contribution >= 0.6 is 23.2 Å². The van der Waals surface area contributed by atoms with Crippen LogP contribution < -0.4 is 0 Å². The molecule has 0 fully saturated rings. The molecule has 0 aromatic heterocycles. The fraction of sp³-hybridized carbons (Fsp3) is 0. The number of allylic oxidation sites excluding steroid dienone is 2. The number of aromatic carboxylic acids is 2. The number of carbonyl (C=O) groups excluding carboxylic acids is 2. The van der Waals surface area contributed by atoms with Gasteiger partial charge in [-0.15, -0.1) is 0 Å². The van der Waals surface area contributed by atoms with Gasteiger partial charge in [0, 0.05) is 12.2 Å². The van der Waals surface area contributed by atoms with Crippen LogP contribution in [0.15, 0.2) is 60.7 Å². The Morgan fingerprint density at radius 3 is 1.11 bits per heavy atom. The Morgan fingerprint density at radius 1 is 0.607 bits per heavy atom. The molecule has 28 heavy (non-hydrogen) atoms. The van der Waals surface area contributed by atoms with E-state index in [-0.39, 0.29) is 11.1 Å². The summed E-state index contributed by atoms with van der Waals surface area (Å²) in [7, 11) is 0. The molecular weight excluding hydrogens is 407 g/mol. The average Bonchev–Trinajstić information content (AvgIpc) is 2.66. The van der Waals surface area contributed by atoms with E-state index >= 15 is 0 Å². The van der Waals surface area contributed by atoms with E-state index in [1.165, 1.54) is 24.3 Å². The molecule has 2 N–H and O–H groups in total. The molecule has 0 spiro atoms. The zero-order valence-corrected chi connectivity index (χ0v) is 15.7. The minimum atomic E-state index is -0.954. The Morgan fingerprint density at radius 2 is 0.893 bits per heavy atom. The van der Waals surface area contributed by atoms with Crippen LogP contribution in [0.3, 0.4) is 0 Å². The highest BCUT2D eigenvalue weighted by Crippen LogP contribution is 2.11. The highest BCUT2D eigenvalue weighted by atomic mass is 35.5. The molecule has 2 aromatic carbocycles. The summed E-state index contributed by atoms with van der Waals surface area (Å²) in [6.07, 6.45) is 5.44. The molecule has 2 rings (SSSR count). The maximum Gasteiger partial charge on any atom is 0.335 e. The number of hydrogen-bond acceptors (Lipinski definition) is 4. The summed E-state index contributed by atoms with van der Waals surface area (Å²) in [4.78, 5) is 41.1. The number of carboxylic acids is 2. The van der Waals surface area contributed by atoms with Gasteiger partial charge in [-0.3, -0.25) is 9.59 Å². The van der Waals surface area contributed by atoms with Crippen LogP contribution in [0.1, 0.15) is 31.8 Å². The Balaban J connectivity index is 0.000000416. The molecule has 0 aliphatic heterocycles. The number of benzene rings is 2. The van der Waals surface area contributed by atoms with Gasteiger partial charge in [-0.1, -0.05) is 36.4 Å². The lowest BCUT2D eigenvalue weighted by Crippen LogP contribution is -1.95. The molecule has 0 aliphatic carbocycles. The Labute approximate surface area is 170 Å². The first-order chi connectivity index (χ1) is 13.2. The average molecular weight is 421 g/mol. The maximum absolute atomic E-state index is 10.7. The minimum Gasteiger partial charge on any atom is -0.478 e. The van der Waals surface area contributed by atoms with Gasteiger partial charge in [-0.25, -0.2) is 9.59 Å². The summed E-state index contributed by atoms with van der Waals surface area (Å²) in [5.41, 5.74) is 2.23. The highest BCUT2D eigenvalue weighted by Gasteiger charge is 2.01. The van der Waals surface area contributed by atoms with Crippen LogP contribution in [0.4, 0.5) is 0 Å². The molecular formula is C20H14Cl2O6. The molecule has 0 saturated carbocycles. The lowest BCUT2D eigenvalue weighted by molar-refractivity contribution is -0.109. The largest absolute Gasteiger partial charge is 0.478 e. The lowest BCUT2D eigenvalue weighted by Gasteiger charge is -1.97. The molecule has 0 heterocycles. The Bertz CT molecular complexity index is 837. The van der Waals surface area contributed by atoms with Crippen molar-refractivity contribution in [2.75, 3.05) is 0 Å². The molecule has 0 atom stereocenters. The van der Waals surface area contributed by atoms with Gasteiger partial charge in [-0.2, -0.15) is 0 Å². The monoisotopic (exact) mass is 420 g/mol. The van der Waals surface area contributed by atoms with Crippen molar-refractivity contribution in [1.29, 1.82) is 0 Å². The third-order valence-corrected chi connectivity index (χ3v) is 3.38. The van der Waals surface area contributed by atoms with Crippen molar-refractivity contribution < 1.29 is 29.4 Å². The van der Waals surface area contributed by atoms with Crippen molar-refractivity contribution in [2.45, 2.75) is 0 Å². The summed E-state index contributed by atoms with van der Waals surface area (Å²) in [5, 5.41) is 16.2. The fourth-order valence-electron chi connectivity index (χ4n) is 1.80. The molecule has 0 aliphatic rings. The Hall–Kier alpha value is -3.22. The second kappa shape index (κ2) is 11.5. The third kappa shape index (κ3) is 8.93. The topological polar surface area (TPSA) is 109 Å². The third-order valence-electron chi connectivity index (χ3n) is 3.13. The van der Waals surface area contributed by atoms with E-state index in [0.29, 0.717) is 0 Å². The highest BCUT2D eigenvalue weighted by molar-refractivity contribution is 6.69. The van der Waals surface area contributed by atoms with Gasteiger partial charge >= 0.3 is 11.9 Å². The summed E-state index contributed by atoms with van der Waals surface area (Å²) in [6, 6.07) is 13.0. The first-order valence-electron chi connectivity index (χ1n) is 7.61. The van der Waals surface area contributed by atoms with Crippen LogP contribution in [0.5, 0.6) is 0 Å². The van der Waals surface area contributed by atoms with E-state index in [1.807, 2.05) is 12.2 Å². The summed E-state index contributed by atoms with van der Waals surface area (Å²) >= 11 is 9.57. The van der Waals surface area contributed by atoms with Gasteiger partial charge in [0.05, 0.1) is 11.1 Å². The van der Waals surface area contributed by atoms with Gasteiger partial charge in [0.15, 0.2) is 0 Å². The normalized spacial score (nSPS) is 10.4. The molecule has 0 amide bonds. The predicted octanol–water partition coefficient (Wildman–Crippen LogP) is 4.33. The number of carboxylic acid groups (broad SMARTS) is 2. The number of rotatable bonds is 6. The van der Waals surface area contributed by atoms with Crippen molar-refractivity contribution in [2.24, 2.45) is 0 Å². The SMILES string of the molecule is O=C(Cl)/C=C/C(=O)Cl.O=C(O)c1ccc(/C=C/c2ccc(C(=O)O)cc2)cc1. The van der Waals surface area contributed by atoms with Gasteiger partial charge in [0.25, 0.3) is 0 Å². The number of carbonyl (C=O) groups is 4. The molecule has 0 bridgehead atoms. The van der Waals surface area contributed by atoms with Crippen molar-refractivity contribution >= 4 is 57.8 Å². The van der Waals surface area contributed by atoms with E-state index in [2.05, 4.69) is 0 Å². The van der Waals surface area contributed by atoms with Crippen LogP contribution in [-0.2, 0) is 9.59 Å². The Kier molecular flexibility index (Phi) is 9.36. The van der Waals surface area contributed by atoms with E-state index in [9.17, 15) is 19.2 Å². The maximum atomic E-state index is 10.7. The molecule has 0 radical (unpaired) electrons. The van der Waals surface area contributed by atoms with Crippen LogP contribution in [-0.4, -0.2) is 32.6 Å². The molecule has 8 heteroatoms. The first kappa shape index (κ1) is 22.8. The summed E-state index contributed by atoms with van der Waals surface area (Å²) in [6.45, 7) is 0. The van der Waals surface area contributed by atoms with E-state index in [1.54, 1.807) is 24.3 Å². The lowest BCUT2D eigenvalue weighted by atomic mass is 10.1. The van der Waals surface area contributed by atoms with E-state index < -0.39 is 22.4 Å². The second-order valence-corrected chi connectivity index (χ2v) is 5.87. The summed E-state index contributed by atoms with van der Waals surface area (Å²) in [5.74, 6) is -1.91. The van der Waals surface area contributed by atoms with Gasteiger partial charge < -0.3 is 10.2 Å². The standard InChI is InChI=1S/C16H12O4.C4H2Cl2O2/c17-15(18)13-7-3-11(4-8-13)1-2-12-5-9-14(10-6-12)16(19)20;5-3(7)1-2-4(6)8/h1-10H,(H,17,18)(H,19,20);1-2H/b2*2-1+. The van der Waals surface area contributed by atoms with Gasteiger partial charge in [0.1, 0.15) is 0 Å². The van der Waals surface area contributed by atoms with Crippen LogP contribution in [0.2, 0.25) is 0 Å². The summed E-state index contributed by atoms with van der Waals surface area (Å²) < 4.78 is 0. The van der Waals surface area contributed by atoms with Crippen LogP contribution in [0, 0.1) is 0 Å². The second-order valence-electron chi connectivity index (χ2n) is 5.13. The molecule has 2 aromatic rings. The van der Waals surface area contributed by atoms with E-state index in [4.69, 9.17) is 33.4 Å². The van der Waals surface area contributed by atoms with Gasteiger partial charge in [0.2, 0.25) is 10.5 Å². The quantitative estimate of drug-likeness (QED) is 0.408. The molecule has 6 nitrogen and oxygen atoms in total. The minimum absolute atomic E-state index is 0.243. The van der Waals surface area contributed by atoms with Crippen LogP contribution in [0.25, 0.3) is 12.2 Å². The zero-order valence-electron chi connectivity index (χ0n) is 14.2. The molecule has 0 unspecified atom stereocenters. The van der Waals surface area contributed by atoms with Gasteiger partial charge in [-0.05, 0) is 58.6 Å². The predicted molar refractivity (Wildman–Crippen MR) is 107 cm³/mol. The number of hydrogen-bond donors (Lipinski definition) is 2. The van der Waals surface area contributed by atoms with E-state index in [0.717, 1.165) is 23.3 Å². The van der Waals surface area contributed by atoms with Crippen molar-refractivity contribution in [1.82, 2.24) is 0 Å². The van der Waals surface area contributed by atoms with Crippen molar-refractivity contribution in [3.63, 3.8) is 0 Å². The zero-order chi connectivity index (χ0) is 21.1. The fourth-order valence-corrected chi connectivity index (χ4v) is 1.92. The molecule has 144 valence electrons. The smallest absolute Gasteiger partial charge is 0.335 e. The van der Waals surface area contributed by atoms with Crippen molar-refractivity contribution in [3.8, 4) is 0 Å². The van der Waals surface area contributed by atoms with Crippen molar-refractivity contribution in [3.05, 3.63) is 82.9 Å². The first-order valence-corrected chi connectivity index (χ1v) is 8.36. The molecule has 0 saturated heterocycles.